The van der Waals surface area contributed by atoms with Gasteiger partial charge in [0.25, 0.3) is 0 Å². The highest BCUT2D eigenvalue weighted by atomic mass is 16.5. The molecular formula is C13H22O4. The number of carboxylic acids is 1. The van der Waals surface area contributed by atoms with Gasteiger partial charge < -0.3 is 14.9 Å². The molecule has 1 aliphatic carbocycles. The number of hydrogen-bond acceptors (Lipinski definition) is 3. The van der Waals surface area contributed by atoms with Gasteiger partial charge in [-0.25, -0.2) is 0 Å². The topological polar surface area (TPSA) is 66.8 Å². The SMILES string of the molecule is CC1CC(C)CC(O)(C2(C(=O)O)CCOC2)C1. The Kier molecular flexibility index (Phi) is 3.21. The lowest BCUT2D eigenvalue weighted by molar-refractivity contribution is -0.180. The quantitative estimate of drug-likeness (QED) is 0.773. The lowest BCUT2D eigenvalue weighted by atomic mass is 9.60. The number of carboxylic acid groups (broad SMARTS) is 1. The normalized spacial score (nSPS) is 47.0. The predicted molar refractivity (Wildman–Crippen MR) is 62.6 cm³/mol. The molecule has 3 unspecified atom stereocenters. The number of hydrogen-bond donors (Lipinski definition) is 2. The molecule has 98 valence electrons. The van der Waals surface area contributed by atoms with Crippen LogP contribution in [0, 0.1) is 17.3 Å². The Hall–Kier alpha value is -0.610. The molecular weight excluding hydrogens is 220 g/mol. The first-order chi connectivity index (χ1) is 7.90. The van der Waals surface area contributed by atoms with Gasteiger partial charge in [0.05, 0.1) is 12.2 Å². The highest BCUT2D eigenvalue weighted by Gasteiger charge is 2.59. The number of carbonyl (C=O) groups is 1. The van der Waals surface area contributed by atoms with Crippen LogP contribution in [0.2, 0.25) is 0 Å². The van der Waals surface area contributed by atoms with E-state index in [0.29, 0.717) is 37.7 Å². The molecule has 3 atom stereocenters. The monoisotopic (exact) mass is 242 g/mol. The van der Waals surface area contributed by atoms with Crippen LogP contribution in [0.25, 0.3) is 0 Å². The van der Waals surface area contributed by atoms with E-state index in [9.17, 15) is 15.0 Å². The third-order valence-electron chi connectivity index (χ3n) is 4.50. The first-order valence-electron chi connectivity index (χ1n) is 6.43. The van der Waals surface area contributed by atoms with Crippen molar-refractivity contribution in [2.24, 2.45) is 17.3 Å². The van der Waals surface area contributed by atoms with E-state index in [2.05, 4.69) is 13.8 Å². The molecule has 0 bridgehead atoms. The van der Waals surface area contributed by atoms with E-state index in [1.54, 1.807) is 0 Å². The van der Waals surface area contributed by atoms with E-state index in [0.717, 1.165) is 6.42 Å². The molecule has 1 saturated carbocycles. The van der Waals surface area contributed by atoms with Crippen molar-refractivity contribution in [3.05, 3.63) is 0 Å². The zero-order valence-corrected chi connectivity index (χ0v) is 10.6. The highest BCUT2D eigenvalue weighted by Crippen LogP contribution is 2.50. The standard InChI is InChI=1S/C13H22O4/c1-9-5-10(2)7-13(16,6-9)12(11(14)15)3-4-17-8-12/h9-10,16H,3-8H2,1-2H3,(H,14,15). The smallest absolute Gasteiger partial charge is 0.315 e. The van der Waals surface area contributed by atoms with E-state index in [-0.39, 0.29) is 6.61 Å². The second-order valence-electron chi connectivity index (χ2n) is 6.08. The number of aliphatic hydroxyl groups is 1. The van der Waals surface area contributed by atoms with Crippen LogP contribution in [0.1, 0.15) is 39.5 Å². The zero-order valence-electron chi connectivity index (χ0n) is 10.6. The average Bonchev–Trinajstić information content (AvgIpc) is 2.64. The van der Waals surface area contributed by atoms with Gasteiger partial charge in [-0.15, -0.1) is 0 Å². The predicted octanol–water partition coefficient (Wildman–Crippen LogP) is 1.66. The molecule has 0 aromatic heterocycles. The molecule has 2 fully saturated rings. The molecule has 17 heavy (non-hydrogen) atoms. The van der Waals surface area contributed by atoms with Crippen LogP contribution >= 0.6 is 0 Å². The minimum atomic E-state index is -1.10. The Morgan fingerprint density at radius 2 is 1.88 bits per heavy atom. The van der Waals surface area contributed by atoms with Crippen LogP contribution < -0.4 is 0 Å². The van der Waals surface area contributed by atoms with E-state index >= 15 is 0 Å². The Morgan fingerprint density at radius 1 is 1.29 bits per heavy atom. The van der Waals surface area contributed by atoms with Gasteiger partial charge in [-0.05, 0) is 37.5 Å². The maximum atomic E-state index is 11.6. The van der Waals surface area contributed by atoms with Crippen molar-refractivity contribution in [1.29, 1.82) is 0 Å². The van der Waals surface area contributed by atoms with Crippen molar-refractivity contribution >= 4 is 5.97 Å². The molecule has 2 rings (SSSR count). The maximum Gasteiger partial charge on any atom is 0.315 e. The molecule has 1 heterocycles. The van der Waals surface area contributed by atoms with Gasteiger partial charge in [0.15, 0.2) is 0 Å². The molecule has 0 amide bonds. The Morgan fingerprint density at radius 3 is 2.29 bits per heavy atom. The fourth-order valence-corrected chi connectivity index (χ4v) is 3.78. The molecule has 4 heteroatoms. The summed E-state index contributed by atoms with van der Waals surface area (Å²) in [6.45, 7) is 4.77. The lowest BCUT2D eigenvalue weighted by Crippen LogP contribution is -2.57. The van der Waals surface area contributed by atoms with Crippen LogP contribution in [0.4, 0.5) is 0 Å². The van der Waals surface area contributed by atoms with Crippen molar-refractivity contribution < 1.29 is 19.7 Å². The summed E-state index contributed by atoms with van der Waals surface area (Å²) in [7, 11) is 0. The van der Waals surface area contributed by atoms with Crippen LogP contribution in [0.3, 0.4) is 0 Å². The van der Waals surface area contributed by atoms with Crippen molar-refractivity contribution in [2.45, 2.75) is 45.1 Å². The van der Waals surface area contributed by atoms with Gasteiger partial charge >= 0.3 is 5.97 Å². The summed E-state index contributed by atoms with van der Waals surface area (Å²) < 4.78 is 5.27. The van der Waals surface area contributed by atoms with Gasteiger partial charge in [-0.1, -0.05) is 13.8 Å². The first kappa shape index (κ1) is 12.8. The molecule has 0 aromatic rings. The first-order valence-corrected chi connectivity index (χ1v) is 6.43. The highest BCUT2D eigenvalue weighted by molar-refractivity contribution is 5.77. The van der Waals surface area contributed by atoms with Crippen molar-refractivity contribution in [3.8, 4) is 0 Å². The van der Waals surface area contributed by atoms with E-state index in [4.69, 9.17) is 4.74 Å². The molecule has 2 aliphatic rings. The Balaban J connectivity index is 2.31. The summed E-state index contributed by atoms with van der Waals surface area (Å²) >= 11 is 0. The molecule has 0 spiro atoms. The zero-order chi connectivity index (χ0) is 12.7. The van der Waals surface area contributed by atoms with Crippen molar-refractivity contribution in [1.82, 2.24) is 0 Å². The molecule has 4 nitrogen and oxygen atoms in total. The molecule has 0 aromatic carbocycles. The minimum absolute atomic E-state index is 0.151. The second-order valence-corrected chi connectivity index (χ2v) is 6.08. The summed E-state index contributed by atoms with van der Waals surface area (Å²) in [4.78, 5) is 11.6. The average molecular weight is 242 g/mol. The largest absolute Gasteiger partial charge is 0.481 e. The van der Waals surface area contributed by atoms with Crippen LogP contribution in [-0.4, -0.2) is 35.0 Å². The lowest BCUT2D eigenvalue weighted by Gasteiger charge is -2.47. The number of ether oxygens (including phenoxy) is 1. The third-order valence-corrected chi connectivity index (χ3v) is 4.50. The summed E-state index contributed by atoms with van der Waals surface area (Å²) in [5.41, 5.74) is -2.19. The fourth-order valence-electron chi connectivity index (χ4n) is 3.78. The van der Waals surface area contributed by atoms with Crippen LogP contribution in [0.15, 0.2) is 0 Å². The van der Waals surface area contributed by atoms with Crippen molar-refractivity contribution in [2.75, 3.05) is 13.2 Å². The number of rotatable bonds is 2. The number of aliphatic carboxylic acids is 1. The van der Waals surface area contributed by atoms with E-state index in [1.807, 2.05) is 0 Å². The Bertz CT molecular complexity index is 297. The molecule has 2 N–H and O–H groups in total. The van der Waals surface area contributed by atoms with Gasteiger partial charge in [-0.3, -0.25) is 4.79 Å². The maximum absolute atomic E-state index is 11.6. The van der Waals surface area contributed by atoms with Crippen LogP contribution in [0.5, 0.6) is 0 Å². The molecule has 1 aliphatic heterocycles. The summed E-state index contributed by atoms with van der Waals surface area (Å²) in [5, 5.41) is 20.4. The summed E-state index contributed by atoms with van der Waals surface area (Å²) in [6.07, 6.45) is 2.65. The third kappa shape index (κ3) is 1.97. The molecule has 1 saturated heterocycles. The second kappa shape index (κ2) is 4.25. The summed E-state index contributed by atoms with van der Waals surface area (Å²) in [5.74, 6) is -0.153. The van der Waals surface area contributed by atoms with E-state index in [1.165, 1.54) is 0 Å². The van der Waals surface area contributed by atoms with E-state index < -0.39 is 17.0 Å². The van der Waals surface area contributed by atoms with Gasteiger partial charge in [0, 0.05) is 6.61 Å². The van der Waals surface area contributed by atoms with Gasteiger partial charge in [0.2, 0.25) is 0 Å². The van der Waals surface area contributed by atoms with Crippen LogP contribution in [-0.2, 0) is 9.53 Å². The van der Waals surface area contributed by atoms with Gasteiger partial charge in [0.1, 0.15) is 5.41 Å². The minimum Gasteiger partial charge on any atom is -0.481 e. The van der Waals surface area contributed by atoms with Crippen molar-refractivity contribution in [3.63, 3.8) is 0 Å². The summed E-state index contributed by atoms with van der Waals surface area (Å²) in [6, 6.07) is 0. The fraction of sp³-hybridized carbons (Fsp3) is 0.923. The van der Waals surface area contributed by atoms with Gasteiger partial charge in [-0.2, -0.15) is 0 Å². The Labute approximate surface area is 102 Å². The molecule has 0 radical (unpaired) electrons.